The van der Waals surface area contributed by atoms with Gasteiger partial charge in [-0.25, -0.2) is 0 Å². The number of nitrogens with one attached hydrogen (secondary N) is 2. The zero-order valence-corrected chi connectivity index (χ0v) is 10.3. The van der Waals surface area contributed by atoms with E-state index in [1.54, 1.807) is 6.20 Å². The number of hydrogen-bond acceptors (Lipinski definition) is 2. The highest BCUT2D eigenvalue weighted by molar-refractivity contribution is 7.80. The molecule has 16 heavy (non-hydrogen) atoms. The second-order valence-corrected chi connectivity index (χ2v) is 4.68. The van der Waals surface area contributed by atoms with Crippen LogP contribution in [-0.2, 0) is 0 Å². The zero-order chi connectivity index (χ0) is 11.4. The van der Waals surface area contributed by atoms with Crippen molar-refractivity contribution in [3.63, 3.8) is 0 Å². The van der Waals surface area contributed by atoms with Crippen LogP contribution in [0.25, 0.3) is 0 Å². The summed E-state index contributed by atoms with van der Waals surface area (Å²) in [6, 6.07) is 2.50. The van der Waals surface area contributed by atoms with E-state index in [9.17, 15) is 0 Å². The van der Waals surface area contributed by atoms with Crippen molar-refractivity contribution < 1.29 is 0 Å². The number of nitrogens with zero attached hydrogens (tertiary/aromatic N) is 1. The first-order valence-electron chi connectivity index (χ1n) is 5.74. The third-order valence-corrected chi connectivity index (χ3v) is 3.18. The Labute approximate surface area is 102 Å². The van der Waals surface area contributed by atoms with Crippen molar-refractivity contribution in [3.8, 4) is 0 Å². The predicted molar refractivity (Wildman–Crippen MR) is 70.6 cm³/mol. The summed E-state index contributed by atoms with van der Waals surface area (Å²) in [4.78, 5) is 4.05. The molecule has 0 bridgehead atoms. The minimum atomic E-state index is 0.558. The Balaban J connectivity index is 1.89. The fourth-order valence-electron chi connectivity index (χ4n) is 2.03. The predicted octanol–water partition coefficient (Wildman–Crippen LogP) is 2.62. The van der Waals surface area contributed by atoms with Crippen molar-refractivity contribution in [2.45, 2.75) is 38.6 Å². The van der Waals surface area contributed by atoms with Crippen molar-refractivity contribution in [2.24, 2.45) is 0 Å². The van der Waals surface area contributed by atoms with Gasteiger partial charge in [-0.3, -0.25) is 4.98 Å². The van der Waals surface area contributed by atoms with E-state index in [4.69, 9.17) is 12.2 Å². The van der Waals surface area contributed by atoms with Crippen LogP contribution in [-0.4, -0.2) is 16.1 Å². The summed E-state index contributed by atoms with van der Waals surface area (Å²) in [6.45, 7) is 2.02. The van der Waals surface area contributed by atoms with Crippen LogP contribution in [0, 0.1) is 6.92 Å². The number of pyridine rings is 1. The average Bonchev–Trinajstić information content (AvgIpc) is 2.74. The molecule has 2 N–H and O–H groups in total. The molecule has 0 atom stereocenters. The van der Waals surface area contributed by atoms with Crippen LogP contribution >= 0.6 is 12.2 Å². The van der Waals surface area contributed by atoms with E-state index in [0.29, 0.717) is 6.04 Å². The highest BCUT2D eigenvalue weighted by Crippen LogP contribution is 2.18. The molecule has 2 rings (SSSR count). The van der Waals surface area contributed by atoms with Crippen LogP contribution in [0.3, 0.4) is 0 Å². The van der Waals surface area contributed by atoms with Crippen LogP contribution in [0.5, 0.6) is 0 Å². The Morgan fingerprint density at radius 2 is 2.19 bits per heavy atom. The maximum Gasteiger partial charge on any atom is 0.171 e. The molecule has 1 aliphatic rings. The van der Waals surface area contributed by atoms with E-state index in [0.717, 1.165) is 16.4 Å². The summed E-state index contributed by atoms with van der Waals surface area (Å²) in [7, 11) is 0. The first-order valence-corrected chi connectivity index (χ1v) is 6.14. The fourth-order valence-corrected chi connectivity index (χ4v) is 2.30. The van der Waals surface area contributed by atoms with Gasteiger partial charge in [0.2, 0.25) is 0 Å². The minimum Gasteiger partial charge on any atom is -0.360 e. The monoisotopic (exact) mass is 235 g/mol. The smallest absolute Gasteiger partial charge is 0.171 e. The highest BCUT2D eigenvalue weighted by Gasteiger charge is 2.15. The molecule has 1 aromatic rings. The lowest BCUT2D eigenvalue weighted by molar-refractivity contribution is 0.634. The molecule has 0 aromatic carbocycles. The molecule has 0 amide bonds. The first-order chi connectivity index (χ1) is 7.75. The molecule has 1 aromatic heterocycles. The number of thiocarbonyl (C=S) groups is 1. The standard InChI is InChI=1S/C12H17N3S/c1-9-8-13-7-6-11(9)15-12(16)14-10-4-2-3-5-10/h6-8,10H,2-5H2,1H3,(H2,13,14,15,16). The van der Waals surface area contributed by atoms with Gasteiger partial charge in [0.05, 0.1) is 0 Å². The van der Waals surface area contributed by atoms with Crippen LogP contribution in [0.1, 0.15) is 31.2 Å². The molecular formula is C12H17N3S. The van der Waals surface area contributed by atoms with Crippen molar-refractivity contribution in [2.75, 3.05) is 5.32 Å². The van der Waals surface area contributed by atoms with Crippen LogP contribution < -0.4 is 10.6 Å². The topological polar surface area (TPSA) is 37.0 Å². The molecule has 0 radical (unpaired) electrons. The van der Waals surface area contributed by atoms with Gasteiger partial charge in [-0.1, -0.05) is 12.8 Å². The summed E-state index contributed by atoms with van der Waals surface area (Å²) < 4.78 is 0. The lowest BCUT2D eigenvalue weighted by Crippen LogP contribution is -2.36. The van der Waals surface area contributed by atoms with E-state index >= 15 is 0 Å². The van der Waals surface area contributed by atoms with Crippen molar-refractivity contribution in [1.82, 2.24) is 10.3 Å². The summed E-state index contributed by atoms with van der Waals surface area (Å²) >= 11 is 5.29. The Kier molecular flexibility index (Phi) is 3.72. The molecule has 0 spiro atoms. The molecule has 1 heterocycles. The van der Waals surface area contributed by atoms with Gasteiger partial charge in [-0.2, -0.15) is 0 Å². The van der Waals surface area contributed by atoms with Crippen LogP contribution in [0.15, 0.2) is 18.5 Å². The van der Waals surface area contributed by atoms with Gasteiger partial charge in [-0.05, 0) is 43.6 Å². The third kappa shape index (κ3) is 2.92. The summed E-state index contributed by atoms with van der Waals surface area (Å²) in [5.74, 6) is 0. The summed E-state index contributed by atoms with van der Waals surface area (Å²) in [6.07, 6.45) is 8.70. The minimum absolute atomic E-state index is 0.558. The molecule has 0 aliphatic heterocycles. The number of anilines is 1. The quantitative estimate of drug-likeness (QED) is 0.773. The second kappa shape index (κ2) is 5.25. The molecular weight excluding hydrogens is 218 g/mol. The summed E-state index contributed by atoms with van der Waals surface area (Å²) in [5.41, 5.74) is 2.14. The Hall–Kier alpha value is -1.16. The van der Waals surface area contributed by atoms with Crippen LogP contribution in [0.2, 0.25) is 0 Å². The molecule has 3 nitrogen and oxygen atoms in total. The van der Waals surface area contributed by atoms with Gasteiger partial charge in [0, 0.05) is 24.1 Å². The lowest BCUT2D eigenvalue weighted by atomic mass is 10.2. The molecule has 1 fully saturated rings. The van der Waals surface area contributed by atoms with E-state index in [1.165, 1.54) is 25.7 Å². The lowest BCUT2D eigenvalue weighted by Gasteiger charge is -2.16. The van der Waals surface area contributed by atoms with E-state index in [2.05, 4.69) is 15.6 Å². The molecule has 1 saturated carbocycles. The largest absolute Gasteiger partial charge is 0.360 e. The van der Waals surface area contributed by atoms with Crippen molar-refractivity contribution >= 4 is 23.0 Å². The van der Waals surface area contributed by atoms with Gasteiger partial charge in [-0.15, -0.1) is 0 Å². The second-order valence-electron chi connectivity index (χ2n) is 4.27. The Bertz CT molecular complexity index is 372. The Morgan fingerprint density at radius 1 is 1.44 bits per heavy atom. The zero-order valence-electron chi connectivity index (χ0n) is 9.49. The normalized spacial score (nSPS) is 16.1. The van der Waals surface area contributed by atoms with Gasteiger partial charge >= 0.3 is 0 Å². The number of aryl methyl sites for hydroxylation is 1. The number of aromatic nitrogens is 1. The summed E-state index contributed by atoms with van der Waals surface area (Å²) in [5, 5.41) is 7.30. The van der Waals surface area contributed by atoms with Crippen molar-refractivity contribution in [1.29, 1.82) is 0 Å². The van der Waals surface area contributed by atoms with E-state index < -0.39 is 0 Å². The average molecular weight is 235 g/mol. The van der Waals surface area contributed by atoms with E-state index in [1.807, 2.05) is 19.2 Å². The van der Waals surface area contributed by atoms with Gasteiger partial charge in [0.15, 0.2) is 5.11 Å². The first kappa shape index (κ1) is 11.3. The molecule has 86 valence electrons. The maximum absolute atomic E-state index is 5.29. The SMILES string of the molecule is Cc1cnccc1NC(=S)NC1CCCC1. The van der Waals surface area contributed by atoms with Gasteiger partial charge < -0.3 is 10.6 Å². The third-order valence-electron chi connectivity index (χ3n) is 2.96. The molecule has 4 heteroatoms. The van der Waals surface area contributed by atoms with Crippen LogP contribution in [0.4, 0.5) is 5.69 Å². The Morgan fingerprint density at radius 3 is 2.88 bits per heavy atom. The molecule has 0 saturated heterocycles. The highest BCUT2D eigenvalue weighted by atomic mass is 32.1. The molecule has 0 unspecified atom stereocenters. The molecule has 1 aliphatic carbocycles. The number of hydrogen-bond donors (Lipinski definition) is 2. The van der Waals surface area contributed by atoms with Gasteiger partial charge in [0.25, 0.3) is 0 Å². The van der Waals surface area contributed by atoms with E-state index in [-0.39, 0.29) is 0 Å². The van der Waals surface area contributed by atoms with Gasteiger partial charge in [0.1, 0.15) is 0 Å². The fraction of sp³-hybridized carbons (Fsp3) is 0.500. The van der Waals surface area contributed by atoms with Crippen molar-refractivity contribution in [3.05, 3.63) is 24.0 Å². The number of rotatable bonds is 2. The maximum atomic E-state index is 5.29.